The van der Waals surface area contributed by atoms with Crippen LogP contribution in [-0.2, 0) is 9.59 Å². The summed E-state index contributed by atoms with van der Waals surface area (Å²) in [6.07, 6.45) is 0.431. The first kappa shape index (κ1) is 15.1. The van der Waals surface area contributed by atoms with Crippen molar-refractivity contribution in [2.24, 2.45) is 0 Å². The Labute approximate surface area is 107 Å². The highest BCUT2D eigenvalue weighted by molar-refractivity contribution is 8.00. The van der Waals surface area contributed by atoms with Gasteiger partial charge >= 0.3 is 5.51 Å². The zero-order valence-corrected chi connectivity index (χ0v) is 10.9. The molecule has 1 fully saturated rings. The number of piperazine rings is 1. The van der Waals surface area contributed by atoms with Crippen molar-refractivity contribution in [2.45, 2.75) is 37.9 Å². The summed E-state index contributed by atoms with van der Waals surface area (Å²) >= 11 is -0.184. The summed E-state index contributed by atoms with van der Waals surface area (Å²) in [4.78, 5) is 24.6. The van der Waals surface area contributed by atoms with Crippen LogP contribution in [0.4, 0.5) is 13.2 Å². The van der Waals surface area contributed by atoms with Crippen LogP contribution < -0.4 is 5.32 Å². The summed E-state index contributed by atoms with van der Waals surface area (Å²) in [7, 11) is 0. The van der Waals surface area contributed by atoms with Crippen molar-refractivity contribution in [1.29, 1.82) is 0 Å². The molecule has 1 heterocycles. The van der Waals surface area contributed by atoms with Gasteiger partial charge in [-0.15, -0.1) is 0 Å². The normalized spacial score (nSPS) is 25.3. The Bertz CT molecular complexity index is 336. The van der Waals surface area contributed by atoms with Crippen LogP contribution in [0.1, 0.15) is 20.3 Å². The van der Waals surface area contributed by atoms with Gasteiger partial charge in [-0.3, -0.25) is 9.59 Å². The molecule has 1 saturated heterocycles. The van der Waals surface area contributed by atoms with E-state index >= 15 is 0 Å². The Hall–Kier alpha value is -0.920. The lowest BCUT2D eigenvalue weighted by Gasteiger charge is -2.37. The van der Waals surface area contributed by atoms with Crippen molar-refractivity contribution >= 4 is 23.6 Å². The quantitative estimate of drug-likeness (QED) is 0.848. The predicted molar refractivity (Wildman–Crippen MR) is 61.9 cm³/mol. The second-order valence-corrected chi connectivity index (χ2v) is 5.13. The van der Waals surface area contributed by atoms with Crippen LogP contribution in [0.2, 0.25) is 0 Å². The van der Waals surface area contributed by atoms with Crippen molar-refractivity contribution in [3.63, 3.8) is 0 Å². The molecule has 0 aromatic carbocycles. The number of halogens is 3. The highest BCUT2D eigenvalue weighted by Crippen LogP contribution is 2.30. The van der Waals surface area contributed by atoms with E-state index in [2.05, 4.69) is 5.32 Å². The number of hydrogen-bond donors (Lipinski definition) is 1. The number of carbonyl (C=O) groups excluding carboxylic acids is 2. The standard InChI is InChI=1S/C10H15F3N2O2S/c1-3-7-9(17)15(6(2)8(16)14-7)4-5-18-10(11,12)13/h6-7H,3-5H2,1-2H3,(H,14,16). The maximum absolute atomic E-state index is 12.0. The van der Waals surface area contributed by atoms with Gasteiger partial charge in [0.1, 0.15) is 12.1 Å². The molecule has 2 amide bonds. The molecule has 1 aliphatic rings. The number of carbonyl (C=O) groups is 2. The molecular weight excluding hydrogens is 269 g/mol. The van der Waals surface area contributed by atoms with Crippen LogP contribution in [0.3, 0.4) is 0 Å². The SMILES string of the molecule is CCC1NC(=O)C(C)N(CCSC(F)(F)F)C1=O. The van der Waals surface area contributed by atoms with Gasteiger partial charge in [-0.2, -0.15) is 13.2 Å². The number of nitrogens with zero attached hydrogens (tertiary/aromatic N) is 1. The van der Waals surface area contributed by atoms with E-state index in [0.717, 1.165) is 0 Å². The summed E-state index contributed by atoms with van der Waals surface area (Å²) in [5.74, 6) is -0.894. The third-order valence-corrected chi connectivity index (χ3v) is 3.46. The average molecular weight is 284 g/mol. The van der Waals surface area contributed by atoms with E-state index in [-0.39, 0.29) is 35.9 Å². The van der Waals surface area contributed by atoms with Gasteiger partial charge in [-0.05, 0) is 25.1 Å². The molecule has 0 saturated carbocycles. The molecule has 0 spiro atoms. The fraction of sp³-hybridized carbons (Fsp3) is 0.800. The lowest BCUT2D eigenvalue weighted by molar-refractivity contribution is -0.148. The molecule has 0 radical (unpaired) electrons. The van der Waals surface area contributed by atoms with Crippen LogP contribution in [0, 0.1) is 0 Å². The van der Waals surface area contributed by atoms with Gasteiger partial charge in [0.25, 0.3) is 0 Å². The highest BCUT2D eigenvalue weighted by atomic mass is 32.2. The summed E-state index contributed by atoms with van der Waals surface area (Å²) in [6, 6.07) is -1.33. The summed E-state index contributed by atoms with van der Waals surface area (Å²) in [5.41, 5.74) is -4.31. The number of alkyl halides is 3. The molecular formula is C10H15F3N2O2S. The minimum absolute atomic E-state index is 0.0753. The average Bonchev–Trinajstić information content (AvgIpc) is 2.26. The fourth-order valence-electron chi connectivity index (χ4n) is 1.73. The smallest absolute Gasteiger partial charge is 0.343 e. The van der Waals surface area contributed by atoms with E-state index in [0.29, 0.717) is 6.42 Å². The lowest BCUT2D eigenvalue weighted by Crippen LogP contribution is -2.62. The molecule has 18 heavy (non-hydrogen) atoms. The summed E-state index contributed by atoms with van der Waals surface area (Å²) < 4.78 is 36.0. The van der Waals surface area contributed by atoms with Gasteiger partial charge < -0.3 is 10.2 Å². The number of amides is 2. The van der Waals surface area contributed by atoms with Crippen molar-refractivity contribution in [1.82, 2.24) is 10.2 Å². The zero-order chi connectivity index (χ0) is 13.9. The van der Waals surface area contributed by atoms with E-state index in [1.54, 1.807) is 6.92 Å². The van der Waals surface area contributed by atoms with Crippen molar-refractivity contribution < 1.29 is 22.8 Å². The van der Waals surface area contributed by atoms with Gasteiger partial charge in [-0.1, -0.05) is 6.92 Å². The third kappa shape index (κ3) is 3.79. The van der Waals surface area contributed by atoms with Gasteiger partial charge in [0, 0.05) is 12.3 Å². The second kappa shape index (κ2) is 5.81. The first-order chi connectivity index (χ1) is 8.26. The third-order valence-electron chi connectivity index (χ3n) is 2.75. The van der Waals surface area contributed by atoms with Crippen LogP contribution >= 0.6 is 11.8 Å². The van der Waals surface area contributed by atoms with Crippen molar-refractivity contribution in [3.8, 4) is 0 Å². The summed E-state index contributed by atoms with van der Waals surface area (Å²) in [6.45, 7) is 3.17. The highest BCUT2D eigenvalue weighted by Gasteiger charge is 2.37. The second-order valence-electron chi connectivity index (χ2n) is 3.97. The van der Waals surface area contributed by atoms with Gasteiger partial charge in [-0.25, -0.2) is 0 Å². The van der Waals surface area contributed by atoms with Crippen LogP contribution in [0.15, 0.2) is 0 Å². The Morgan fingerprint density at radius 3 is 2.50 bits per heavy atom. The number of hydrogen-bond acceptors (Lipinski definition) is 3. The maximum atomic E-state index is 12.0. The van der Waals surface area contributed by atoms with Crippen LogP contribution in [-0.4, -0.2) is 46.6 Å². The monoisotopic (exact) mass is 284 g/mol. The predicted octanol–water partition coefficient (Wildman–Crippen LogP) is 1.36. The first-order valence-corrected chi connectivity index (χ1v) is 6.56. The number of rotatable bonds is 4. The molecule has 0 bridgehead atoms. The van der Waals surface area contributed by atoms with Crippen LogP contribution in [0.25, 0.3) is 0 Å². The fourth-order valence-corrected chi connectivity index (χ4v) is 2.25. The molecule has 4 nitrogen and oxygen atoms in total. The van der Waals surface area contributed by atoms with E-state index in [1.165, 1.54) is 11.8 Å². The lowest BCUT2D eigenvalue weighted by atomic mass is 10.1. The topological polar surface area (TPSA) is 49.4 Å². The molecule has 8 heteroatoms. The first-order valence-electron chi connectivity index (χ1n) is 5.57. The Morgan fingerprint density at radius 1 is 1.39 bits per heavy atom. The minimum Gasteiger partial charge on any atom is -0.343 e. The molecule has 1 rings (SSSR count). The minimum atomic E-state index is -4.31. The van der Waals surface area contributed by atoms with Crippen LogP contribution in [0.5, 0.6) is 0 Å². The molecule has 0 aromatic heterocycles. The Kier molecular flexibility index (Phi) is 4.89. The van der Waals surface area contributed by atoms with Crippen molar-refractivity contribution in [2.75, 3.05) is 12.3 Å². The van der Waals surface area contributed by atoms with E-state index in [9.17, 15) is 22.8 Å². The van der Waals surface area contributed by atoms with E-state index in [4.69, 9.17) is 0 Å². The maximum Gasteiger partial charge on any atom is 0.441 e. The molecule has 2 atom stereocenters. The number of thioether (sulfide) groups is 1. The Balaban J connectivity index is 2.60. The largest absolute Gasteiger partial charge is 0.441 e. The molecule has 1 N–H and O–H groups in total. The Morgan fingerprint density at radius 2 is 2.00 bits per heavy atom. The zero-order valence-electron chi connectivity index (χ0n) is 10.1. The van der Waals surface area contributed by atoms with Crippen molar-refractivity contribution in [3.05, 3.63) is 0 Å². The van der Waals surface area contributed by atoms with Gasteiger partial charge in [0.15, 0.2) is 0 Å². The summed E-state index contributed by atoms with van der Waals surface area (Å²) in [5, 5.41) is 2.54. The van der Waals surface area contributed by atoms with E-state index < -0.39 is 17.6 Å². The molecule has 0 aromatic rings. The molecule has 2 unspecified atom stereocenters. The molecule has 104 valence electrons. The molecule has 0 aliphatic carbocycles. The van der Waals surface area contributed by atoms with E-state index in [1.807, 2.05) is 0 Å². The van der Waals surface area contributed by atoms with Gasteiger partial charge in [0.05, 0.1) is 0 Å². The molecule has 1 aliphatic heterocycles. The number of nitrogens with one attached hydrogen (secondary N) is 1. The van der Waals surface area contributed by atoms with Gasteiger partial charge in [0.2, 0.25) is 11.8 Å².